The van der Waals surface area contributed by atoms with Crippen LogP contribution in [0.2, 0.25) is 0 Å². The molecular weight excluding hydrogens is 548 g/mol. The van der Waals surface area contributed by atoms with Crippen molar-refractivity contribution in [1.29, 1.82) is 0 Å². The molecule has 0 N–H and O–H groups in total. The zero-order valence-corrected chi connectivity index (χ0v) is 21.1. The fraction of sp³-hybridized carbons (Fsp3) is 0.0909. The van der Waals surface area contributed by atoms with Crippen LogP contribution in [-0.2, 0) is 0 Å². The molecule has 164 valence electrons. The van der Waals surface area contributed by atoms with Crippen molar-refractivity contribution in [2.75, 3.05) is 0 Å². The Morgan fingerprint density at radius 1 is 0.879 bits per heavy atom. The van der Waals surface area contributed by atoms with E-state index in [0.717, 1.165) is 42.7 Å². The molecule has 6 aromatic rings. The molecule has 0 aliphatic heterocycles. The Kier molecular flexibility index (Phi) is 4.91. The van der Waals surface area contributed by atoms with E-state index in [1.165, 1.54) is 22.7 Å². The van der Waals surface area contributed by atoms with E-state index in [2.05, 4.69) is 35.0 Å². The van der Waals surface area contributed by atoms with E-state index in [4.69, 9.17) is 0 Å². The molecule has 0 aliphatic carbocycles. The highest BCUT2D eigenvalue weighted by Crippen LogP contribution is 2.45. The van der Waals surface area contributed by atoms with E-state index in [9.17, 15) is 0 Å². The summed E-state index contributed by atoms with van der Waals surface area (Å²) in [7, 11) is 0. The number of hydrogen-bond acceptors (Lipinski definition) is 7. The monoisotopic (exact) mass is 559 g/mol. The Morgan fingerprint density at radius 2 is 1.52 bits per heavy atom. The number of thiophene rings is 2. The number of aryl methyl sites for hydroxylation is 2. The van der Waals surface area contributed by atoms with E-state index in [0.29, 0.717) is 20.8 Å². The molecule has 6 rings (SSSR count). The number of nitrogens with zero attached hydrogens (tertiary/aromatic N) is 5. The molecule has 0 spiro atoms. The summed E-state index contributed by atoms with van der Waals surface area (Å²) in [5.41, 5.74) is 4.42. The minimum absolute atomic E-state index is 0.121. The minimum Gasteiger partial charge on any atom is -0.203 e. The van der Waals surface area contributed by atoms with Crippen molar-refractivity contribution in [3.63, 3.8) is 0 Å². The molecule has 0 unspecified atom stereocenters. The van der Waals surface area contributed by atoms with E-state index < -0.39 is 11.6 Å². The first-order valence-corrected chi connectivity index (χ1v) is 12.9. The summed E-state index contributed by atoms with van der Waals surface area (Å²) in [4.78, 5) is 1.17. The van der Waals surface area contributed by atoms with Crippen LogP contribution in [0.25, 0.3) is 47.9 Å². The summed E-state index contributed by atoms with van der Waals surface area (Å²) in [5, 5.41) is 9.27. The molecule has 5 nitrogen and oxygen atoms in total. The number of rotatable bonds is 3. The largest absolute Gasteiger partial charge is 0.203 e. The van der Waals surface area contributed by atoms with Crippen LogP contribution in [0.15, 0.2) is 40.2 Å². The Balaban J connectivity index is 1.58. The van der Waals surface area contributed by atoms with Crippen molar-refractivity contribution >= 4 is 72.4 Å². The van der Waals surface area contributed by atoms with Crippen molar-refractivity contribution in [2.24, 2.45) is 0 Å². The number of hydrogen-bond donors (Lipinski definition) is 0. The van der Waals surface area contributed by atoms with Crippen molar-refractivity contribution in [3.8, 4) is 25.9 Å². The molecule has 0 saturated carbocycles. The molecule has 0 saturated heterocycles. The lowest BCUT2D eigenvalue weighted by atomic mass is 10.0. The smallest absolute Gasteiger partial charge is 0.170 e. The van der Waals surface area contributed by atoms with Gasteiger partial charge in [0.15, 0.2) is 11.6 Å². The molecule has 0 radical (unpaired) electrons. The second-order valence-electron chi connectivity index (χ2n) is 7.50. The van der Waals surface area contributed by atoms with E-state index in [-0.39, 0.29) is 11.1 Å². The molecule has 0 fully saturated rings. The first-order chi connectivity index (χ1) is 15.9. The van der Waals surface area contributed by atoms with E-state index >= 15 is 8.78 Å². The van der Waals surface area contributed by atoms with Gasteiger partial charge in [0.2, 0.25) is 0 Å². The van der Waals surface area contributed by atoms with Crippen molar-refractivity contribution in [1.82, 2.24) is 23.7 Å². The number of para-hydroxylation sites is 1. The summed E-state index contributed by atoms with van der Waals surface area (Å²) >= 11 is 7.08. The predicted octanol–water partition coefficient (Wildman–Crippen LogP) is 7.54. The van der Waals surface area contributed by atoms with Gasteiger partial charge in [-0.25, -0.2) is 13.5 Å². The zero-order valence-electron chi connectivity index (χ0n) is 17.1. The van der Waals surface area contributed by atoms with Crippen LogP contribution >= 0.6 is 50.3 Å². The maximum absolute atomic E-state index is 15.6. The SMILES string of the molecule is Cc1cc(-c2c(F)c(F)c(-c3cc(C)c(-n4nnc5ccccc54)s3)c3nsnc23)sc1Br. The van der Waals surface area contributed by atoms with Crippen LogP contribution in [0.5, 0.6) is 0 Å². The van der Waals surface area contributed by atoms with Crippen molar-refractivity contribution in [3.05, 3.63) is 62.9 Å². The van der Waals surface area contributed by atoms with Crippen LogP contribution in [0.3, 0.4) is 0 Å². The maximum atomic E-state index is 15.6. The van der Waals surface area contributed by atoms with E-state index in [1.807, 2.05) is 50.2 Å². The summed E-state index contributed by atoms with van der Waals surface area (Å²) in [6.45, 7) is 3.82. The fourth-order valence-corrected chi connectivity index (χ4v) is 7.11. The van der Waals surface area contributed by atoms with Gasteiger partial charge >= 0.3 is 0 Å². The molecule has 4 aromatic heterocycles. The van der Waals surface area contributed by atoms with Gasteiger partial charge in [-0.15, -0.1) is 27.8 Å². The number of aromatic nitrogens is 5. The third kappa shape index (κ3) is 3.17. The van der Waals surface area contributed by atoms with Crippen LogP contribution in [0.1, 0.15) is 11.1 Å². The molecule has 0 amide bonds. The molecule has 33 heavy (non-hydrogen) atoms. The Bertz CT molecular complexity index is 1680. The van der Waals surface area contributed by atoms with Crippen LogP contribution in [0, 0.1) is 25.5 Å². The highest BCUT2D eigenvalue weighted by Gasteiger charge is 2.27. The van der Waals surface area contributed by atoms with Crippen molar-refractivity contribution < 1.29 is 8.78 Å². The molecule has 0 aliphatic rings. The molecule has 11 heteroatoms. The first kappa shape index (κ1) is 21.0. The zero-order chi connectivity index (χ0) is 22.9. The first-order valence-electron chi connectivity index (χ1n) is 9.75. The number of halogens is 3. The van der Waals surface area contributed by atoms with E-state index in [1.54, 1.807) is 4.68 Å². The van der Waals surface area contributed by atoms with Gasteiger partial charge in [-0.05, 0) is 65.2 Å². The highest BCUT2D eigenvalue weighted by molar-refractivity contribution is 9.11. The number of fused-ring (bicyclic) bond motifs is 2. The lowest BCUT2D eigenvalue weighted by molar-refractivity contribution is 0.516. The second kappa shape index (κ2) is 7.73. The fourth-order valence-electron chi connectivity index (χ4n) is 3.80. The van der Waals surface area contributed by atoms with Gasteiger partial charge in [0.05, 0.1) is 32.2 Å². The maximum Gasteiger partial charge on any atom is 0.170 e. The normalized spacial score (nSPS) is 11.8. The summed E-state index contributed by atoms with van der Waals surface area (Å²) in [6, 6.07) is 11.3. The molecule has 0 atom stereocenters. The Labute approximate surface area is 206 Å². The van der Waals surface area contributed by atoms with Crippen LogP contribution < -0.4 is 0 Å². The number of benzene rings is 2. The molecule has 2 aromatic carbocycles. The lowest BCUT2D eigenvalue weighted by Gasteiger charge is -2.08. The minimum atomic E-state index is -0.927. The summed E-state index contributed by atoms with van der Waals surface area (Å²) in [6.07, 6.45) is 0. The van der Waals surface area contributed by atoms with Gasteiger partial charge in [0, 0.05) is 9.75 Å². The third-order valence-electron chi connectivity index (χ3n) is 5.38. The summed E-state index contributed by atoms with van der Waals surface area (Å²) < 4.78 is 42.4. The quantitative estimate of drug-likeness (QED) is 0.224. The van der Waals surface area contributed by atoms with Gasteiger partial charge in [-0.2, -0.15) is 8.75 Å². The predicted molar refractivity (Wildman–Crippen MR) is 134 cm³/mol. The highest BCUT2D eigenvalue weighted by atomic mass is 79.9. The third-order valence-corrected chi connectivity index (χ3v) is 9.29. The lowest BCUT2D eigenvalue weighted by Crippen LogP contribution is -1.95. The average molecular weight is 560 g/mol. The van der Waals surface area contributed by atoms with Gasteiger partial charge in [0.1, 0.15) is 21.6 Å². The topological polar surface area (TPSA) is 56.5 Å². The van der Waals surface area contributed by atoms with Crippen LogP contribution in [0.4, 0.5) is 8.78 Å². The molecule has 0 bridgehead atoms. The van der Waals surface area contributed by atoms with Gasteiger partial charge in [-0.3, -0.25) is 0 Å². The second-order valence-corrected chi connectivity index (χ2v) is 11.4. The van der Waals surface area contributed by atoms with Crippen molar-refractivity contribution in [2.45, 2.75) is 13.8 Å². The standard InChI is InChI=1S/C22H12BrF2N5S3/c1-9-7-13(31-21(9)23)15-17(24)18(25)16(20-19(15)27-33-28-20)14-8-10(2)22(32-14)30-12-6-4-3-5-11(12)26-29-30/h3-8H,1-2H3. The summed E-state index contributed by atoms with van der Waals surface area (Å²) in [5.74, 6) is -1.85. The van der Waals surface area contributed by atoms with Gasteiger partial charge < -0.3 is 0 Å². The van der Waals surface area contributed by atoms with Gasteiger partial charge in [0.25, 0.3) is 0 Å². The Morgan fingerprint density at radius 3 is 2.18 bits per heavy atom. The molecular formula is C22H12BrF2N5S3. The molecule has 4 heterocycles. The average Bonchev–Trinajstić information content (AvgIpc) is 3.57. The Hall–Kier alpha value is -2.60. The van der Waals surface area contributed by atoms with Gasteiger partial charge in [-0.1, -0.05) is 17.3 Å². The van der Waals surface area contributed by atoms with Crippen LogP contribution in [-0.4, -0.2) is 23.7 Å².